The molecule has 1 aromatic carbocycles. The van der Waals surface area contributed by atoms with Crippen LogP contribution in [0.3, 0.4) is 0 Å². The lowest BCUT2D eigenvalue weighted by molar-refractivity contribution is 0.0601. The van der Waals surface area contributed by atoms with Crippen molar-refractivity contribution in [3.63, 3.8) is 0 Å². The van der Waals surface area contributed by atoms with Gasteiger partial charge in [-0.05, 0) is 43.2 Å². The van der Waals surface area contributed by atoms with Crippen molar-refractivity contribution >= 4 is 40.0 Å². The molecule has 1 N–H and O–H groups in total. The summed E-state index contributed by atoms with van der Waals surface area (Å²) in [4.78, 5) is 17.2. The van der Waals surface area contributed by atoms with E-state index in [9.17, 15) is 4.79 Å². The molecule has 0 bridgehead atoms. The standard InChI is InChI=1S/C19H21N5O2S/c1-12(2)17(22-21-14-10-8-13(9-11-14)18(25)26-3)23-24-19-20-15-6-4-5-7-16(15)27-19/h5,7-12H,4,6H2,1-3H3,(H,20,24)/b22-21+,23-17-. The van der Waals surface area contributed by atoms with Crippen LogP contribution in [0.25, 0.3) is 6.08 Å². The number of amidine groups is 1. The number of carbonyl (C=O) groups is 1. The first-order valence-electron chi connectivity index (χ1n) is 8.66. The van der Waals surface area contributed by atoms with E-state index in [2.05, 4.69) is 42.6 Å². The molecule has 0 spiro atoms. The monoisotopic (exact) mass is 383 g/mol. The van der Waals surface area contributed by atoms with E-state index in [1.54, 1.807) is 35.6 Å². The van der Waals surface area contributed by atoms with E-state index in [1.165, 1.54) is 12.0 Å². The van der Waals surface area contributed by atoms with Gasteiger partial charge in [0, 0.05) is 5.92 Å². The third-order valence-corrected chi connectivity index (χ3v) is 4.85. The van der Waals surface area contributed by atoms with Gasteiger partial charge in [-0.3, -0.25) is 5.43 Å². The van der Waals surface area contributed by atoms with Gasteiger partial charge < -0.3 is 4.74 Å². The van der Waals surface area contributed by atoms with Crippen LogP contribution in [0.1, 0.15) is 41.2 Å². The molecule has 1 heterocycles. The maximum absolute atomic E-state index is 11.5. The topological polar surface area (TPSA) is 88.3 Å². The fraction of sp³-hybridized carbons (Fsp3) is 0.316. The molecule has 3 rings (SSSR count). The Labute approximate surface area is 161 Å². The van der Waals surface area contributed by atoms with Gasteiger partial charge in [-0.15, -0.1) is 10.2 Å². The molecule has 27 heavy (non-hydrogen) atoms. The van der Waals surface area contributed by atoms with Gasteiger partial charge >= 0.3 is 5.97 Å². The van der Waals surface area contributed by atoms with Crippen molar-refractivity contribution in [2.24, 2.45) is 21.2 Å². The van der Waals surface area contributed by atoms with Crippen LogP contribution in [0.5, 0.6) is 0 Å². The van der Waals surface area contributed by atoms with Gasteiger partial charge in [0.05, 0.1) is 28.9 Å². The van der Waals surface area contributed by atoms with E-state index in [0.717, 1.165) is 23.7 Å². The maximum atomic E-state index is 11.5. The summed E-state index contributed by atoms with van der Waals surface area (Å²) in [5, 5.41) is 13.6. The number of ether oxygens (including phenoxy) is 1. The Morgan fingerprint density at radius 3 is 2.74 bits per heavy atom. The lowest BCUT2D eigenvalue weighted by Gasteiger charge is -2.04. The first-order valence-corrected chi connectivity index (χ1v) is 9.48. The van der Waals surface area contributed by atoms with Crippen LogP contribution in [-0.2, 0) is 11.2 Å². The van der Waals surface area contributed by atoms with E-state index in [1.807, 2.05) is 13.8 Å². The highest BCUT2D eigenvalue weighted by molar-refractivity contribution is 7.16. The molecule has 0 unspecified atom stereocenters. The van der Waals surface area contributed by atoms with E-state index >= 15 is 0 Å². The summed E-state index contributed by atoms with van der Waals surface area (Å²) in [6, 6.07) is 6.72. The van der Waals surface area contributed by atoms with Crippen molar-refractivity contribution in [2.75, 3.05) is 12.5 Å². The van der Waals surface area contributed by atoms with Crippen molar-refractivity contribution in [1.82, 2.24) is 4.98 Å². The first kappa shape index (κ1) is 18.9. The van der Waals surface area contributed by atoms with Gasteiger partial charge in [0.1, 0.15) is 0 Å². The highest BCUT2D eigenvalue weighted by Crippen LogP contribution is 2.28. The molecule has 0 amide bonds. The third kappa shape index (κ3) is 4.85. The Morgan fingerprint density at radius 2 is 2.07 bits per heavy atom. The molecular formula is C19H21N5O2S. The van der Waals surface area contributed by atoms with Crippen LogP contribution >= 0.6 is 11.3 Å². The fourth-order valence-electron chi connectivity index (χ4n) is 2.39. The van der Waals surface area contributed by atoms with Crippen LogP contribution in [0.4, 0.5) is 10.8 Å². The molecule has 0 fully saturated rings. The molecule has 2 aromatic rings. The van der Waals surface area contributed by atoms with Crippen molar-refractivity contribution in [3.05, 3.63) is 46.5 Å². The molecule has 8 heteroatoms. The average molecular weight is 383 g/mol. The Morgan fingerprint density at radius 1 is 1.30 bits per heavy atom. The Bertz CT molecular complexity index is 897. The van der Waals surface area contributed by atoms with E-state index < -0.39 is 0 Å². The number of nitrogens with zero attached hydrogens (tertiary/aromatic N) is 4. The lowest BCUT2D eigenvalue weighted by atomic mass is 10.1. The Kier molecular flexibility index (Phi) is 6.08. The quantitative estimate of drug-likeness (QED) is 0.257. The molecule has 1 aromatic heterocycles. The summed E-state index contributed by atoms with van der Waals surface area (Å²) in [6.07, 6.45) is 6.25. The molecular weight excluding hydrogens is 362 g/mol. The zero-order valence-electron chi connectivity index (χ0n) is 15.5. The predicted molar refractivity (Wildman–Crippen MR) is 108 cm³/mol. The maximum Gasteiger partial charge on any atom is 0.337 e. The van der Waals surface area contributed by atoms with E-state index in [-0.39, 0.29) is 11.9 Å². The number of methoxy groups -OCH3 is 1. The number of nitrogens with one attached hydrogen (secondary N) is 1. The minimum Gasteiger partial charge on any atom is -0.465 e. The molecule has 0 saturated carbocycles. The highest BCUT2D eigenvalue weighted by atomic mass is 32.1. The SMILES string of the molecule is COC(=O)c1ccc(/N=N/C(=N\Nc2nc3c(s2)C=CCC3)C(C)C)cc1. The predicted octanol–water partition coefficient (Wildman–Crippen LogP) is 5.05. The van der Waals surface area contributed by atoms with E-state index in [4.69, 9.17) is 0 Å². The number of hydrogen-bond acceptors (Lipinski definition) is 7. The summed E-state index contributed by atoms with van der Waals surface area (Å²) in [7, 11) is 1.35. The number of aryl methyl sites for hydroxylation is 1. The van der Waals surface area contributed by atoms with Crippen LogP contribution in [0.2, 0.25) is 0 Å². The number of hydrazone groups is 1. The van der Waals surface area contributed by atoms with Gasteiger partial charge in [0.25, 0.3) is 0 Å². The van der Waals surface area contributed by atoms with Gasteiger partial charge in [-0.2, -0.15) is 5.10 Å². The van der Waals surface area contributed by atoms with Gasteiger partial charge in [0.15, 0.2) is 5.84 Å². The molecule has 0 radical (unpaired) electrons. The van der Waals surface area contributed by atoms with Crippen molar-refractivity contribution < 1.29 is 9.53 Å². The number of rotatable bonds is 5. The average Bonchev–Trinajstić information content (AvgIpc) is 3.10. The number of esters is 1. The lowest BCUT2D eigenvalue weighted by Crippen LogP contribution is -2.06. The summed E-state index contributed by atoms with van der Waals surface area (Å²) in [5.74, 6) is 0.272. The van der Waals surface area contributed by atoms with Crippen molar-refractivity contribution in [1.29, 1.82) is 0 Å². The number of allylic oxidation sites excluding steroid dienone is 1. The summed E-state index contributed by atoms with van der Waals surface area (Å²) in [5.41, 5.74) is 5.21. The second-order valence-corrected chi connectivity index (χ2v) is 7.28. The number of thiazole rings is 1. The van der Waals surface area contributed by atoms with Gasteiger partial charge in [-0.1, -0.05) is 31.3 Å². The molecule has 7 nitrogen and oxygen atoms in total. The summed E-state index contributed by atoms with van der Waals surface area (Å²) >= 11 is 1.58. The summed E-state index contributed by atoms with van der Waals surface area (Å²) in [6.45, 7) is 3.99. The number of fused-ring (bicyclic) bond motifs is 1. The minimum atomic E-state index is -0.381. The number of benzene rings is 1. The molecule has 0 atom stereocenters. The largest absolute Gasteiger partial charge is 0.465 e. The van der Waals surface area contributed by atoms with Crippen LogP contribution in [-0.4, -0.2) is 23.9 Å². The van der Waals surface area contributed by atoms with Gasteiger partial charge in [-0.25, -0.2) is 9.78 Å². The number of azo groups is 1. The smallest absolute Gasteiger partial charge is 0.337 e. The van der Waals surface area contributed by atoms with Crippen LogP contribution in [0.15, 0.2) is 45.7 Å². The van der Waals surface area contributed by atoms with Crippen LogP contribution in [0, 0.1) is 5.92 Å². The Hall–Kier alpha value is -2.87. The molecule has 0 aliphatic heterocycles. The zero-order valence-corrected chi connectivity index (χ0v) is 16.3. The second kappa shape index (κ2) is 8.68. The first-order chi connectivity index (χ1) is 13.1. The highest BCUT2D eigenvalue weighted by Gasteiger charge is 2.12. The second-order valence-electron chi connectivity index (χ2n) is 6.25. The Balaban J connectivity index is 1.70. The number of aromatic nitrogens is 1. The van der Waals surface area contributed by atoms with Gasteiger partial charge in [0.2, 0.25) is 5.13 Å². The molecule has 0 saturated heterocycles. The summed E-state index contributed by atoms with van der Waals surface area (Å²) < 4.78 is 4.68. The fourth-order valence-corrected chi connectivity index (χ4v) is 3.28. The molecule has 1 aliphatic carbocycles. The molecule has 140 valence electrons. The minimum absolute atomic E-state index is 0.0880. The number of hydrogen-bond donors (Lipinski definition) is 1. The van der Waals surface area contributed by atoms with E-state index in [0.29, 0.717) is 17.1 Å². The number of carbonyl (C=O) groups excluding carboxylic acids is 1. The van der Waals surface area contributed by atoms with Crippen molar-refractivity contribution in [3.8, 4) is 0 Å². The third-order valence-electron chi connectivity index (χ3n) is 3.88. The number of anilines is 1. The zero-order chi connectivity index (χ0) is 19.2. The normalized spacial score (nSPS) is 13.9. The van der Waals surface area contributed by atoms with Crippen LogP contribution < -0.4 is 5.43 Å². The van der Waals surface area contributed by atoms with Crippen molar-refractivity contribution in [2.45, 2.75) is 26.7 Å². The molecule has 1 aliphatic rings.